The lowest BCUT2D eigenvalue weighted by molar-refractivity contribution is 0.796. The predicted octanol–water partition coefficient (Wildman–Crippen LogP) is 3.48. The highest BCUT2D eigenvalue weighted by Crippen LogP contribution is 2.33. The number of allylic oxidation sites excluding steroid dienone is 1. The average Bonchev–Trinajstić information content (AvgIpc) is 2.76. The van der Waals surface area contributed by atoms with Crippen LogP contribution < -0.4 is 5.73 Å². The van der Waals surface area contributed by atoms with Gasteiger partial charge in [-0.2, -0.15) is 0 Å². The topological polar surface area (TPSA) is 26.0 Å². The van der Waals surface area contributed by atoms with E-state index in [9.17, 15) is 0 Å². The number of hydrogen-bond donors (Lipinski definition) is 1. The first-order valence-electron chi connectivity index (χ1n) is 5.20. The Hall–Kier alpha value is -0.600. The summed E-state index contributed by atoms with van der Waals surface area (Å²) in [4.78, 5) is 2.72. The maximum absolute atomic E-state index is 6.22. The number of rotatable bonds is 2. The van der Waals surface area contributed by atoms with Crippen molar-refractivity contribution in [3.63, 3.8) is 0 Å². The van der Waals surface area contributed by atoms with E-state index in [1.54, 1.807) is 0 Å². The zero-order valence-corrected chi connectivity index (χ0v) is 9.66. The minimum absolute atomic E-state index is 0.162. The molecule has 2 rings (SSSR count). The van der Waals surface area contributed by atoms with Crippen molar-refractivity contribution < 1.29 is 0 Å². The van der Waals surface area contributed by atoms with E-state index in [2.05, 4.69) is 26.0 Å². The molecule has 0 radical (unpaired) electrons. The minimum Gasteiger partial charge on any atom is -0.320 e. The molecule has 1 aliphatic carbocycles. The van der Waals surface area contributed by atoms with Crippen molar-refractivity contribution in [3.05, 3.63) is 33.0 Å². The van der Waals surface area contributed by atoms with Crippen LogP contribution in [-0.4, -0.2) is 0 Å². The predicted molar refractivity (Wildman–Crippen MR) is 62.7 cm³/mol. The molecule has 0 aliphatic heterocycles. The summed E-state index contributed by atoms with van der Waals surface area (Å²) in [6, 6.07) is 2.40. The number of nitrogens with two attached hydrogens (primary N) is 1. The van der Waals surface area contributed by atoms with Gasteiger partial charge in [0.15, 0.2) is 0 Å². The maximum Gasteiger partial charge on any atom is 0.0605 e. The average molecular weight is 207 g/mol. The van der Waals surface area contributed by atoms with E-state index < -0.39 is 0 Å². The molecular weight excluding hydrogens is 190 g/mol. The Kier molecular flexibility index (Phi) is 2.75. The lowest BCUT2D eigenvalue weighted by Crippen LogP contribution is -2.10. The van der Waals surface area contributed by atoms with Crippen LogP contribution in [0.4, 0.5) is 0 Å². The molecule has 1 unspecified atom stereocenters. The lowest BCUT2D eigenvalue weighted by atomic mass is 10.1. The molecule has 2 N–H and O–H groups in total. The summed E-state index contributed by atoms with van der Waals surface area (Å²) in [5.74, 6) is 0. The van der Waals surface area contributed by atoms with Crippen LogP contribution in [0.3, 0.4) is 0 Å². The Morgan fingerprint density at radius 2 is 2.21 bits per heavy atom. The molecule has 0 bridgehead atoms. The molecule has 0 saturated carbocycles. The van der Waals surface area contributed by atoms with Crippen LogP contribution in [0.2, 0.25) is 0 Å². The Bertz CT molecular complexity index is 343. The smallest absolute Gasteiger partial charge is 0.0605 e. The molecule has 1 nitrogen and oxygen atoms in total. The third-order valence-electron chi connectivity index (χ3n) is 2.97. The van der Waals surface area contributed by atoms with Gasteiger partial charge in [-0.25, -0.2) is 0 Å². The Labute approximate surface area is 89.6 Å². The van der Waals surface area contributed by atoms with Crippen molar-refractivity contribution in [1.82, 2.24) is 0 Å². The van der Waals surface area contributed by atoms with Gasteiger partial charge in [0.1, 0.15) is 0 Å². The van der Waals surface area contributed by atoms with Gasteiger partial charge in [-0.15, -0.1) is 11.3 Å². The highest BCUT2D eigenvalue weighted by molar-refractivity contribution is 7.12. The number of thiophene rings is 1. The first-order chi connectivity index (χ1) is 6.68. The summed E-state index contributed by atoms with van der Waals surface area (Å²) in [5, 5.41) is 0. The minimum atomic E-state index is 0.162. The molecular formula is C12H17NS. The van der Waals surface area contributed by atoms with E-state index in [0.29, 0.717) is 0 Å². The molecule has 0 fully saturated rings. The van der Waals surface area contributed by atoms with Crippen LogP contribution in [0.5, 0.6) is 0 Å². The van der Waals surface area contributed by atoms with Crippen LogP contribution in [-0.2, 0) is 0 Å². The summed E-state index contributed by atoms with van der Waals surface area (Å²) in [7, 11) is 0. The van der Waals surface area contributed by atoms with Gasteiger partial charge in [-0.1, -0.05) is 11.6 Å². The van der Waals surface area contributed by atoms with E-state index >= 15 is 0 Å². The molecule has 1 heterocycles. The Balaban J connectivity index is 2.22. The van der Waals surface area contributed by atoms with Gasteiger partial charge in [-0.05, 0) is 44.7 Å². The highest BCUT2D eigenvalue weighted by Gasteiger charge is 2.16. The van der Waals surface area contributed by atoms with Crippen LogP contribution in [0.25, 0.3) is 0 Å². The van der Waals surface area contributed by atoms with Crippen molar-refractivity contribution in [1.29, 1.82) is 0 Å². The third kappa shape index (κ3) is 1.77. The van der Waals surface area contributed by atoms with Gasteiger partial charge in [-0.3, -0.25) is 0 Å². The van der Waals surface area contributed by atoms with Gasteiger partial charge in [0.2, 0.25) is 0 Å². The second-order valence-corrected chi connectivity index (χ2v) is 5.32. The van der Waals surface area contributed by atoms with Crippen LogP contribution >= 0.6 is 11.3 Å². The largest absolute Gasteiger partial charge is 0.320 e. The molecule has 0 aromatic carbocycles. The molecule has 0 spiro atoms. The van der Waals surface area contributed by atoms with Gasteiger partial charge >= 0.3 is 0 Å². The van der Waals surface area contributed by atoms with E-state index in [4.69, 9.17) is 5.73 Å². The third-order valence-corrected chi connectivity index (χ3v) is 4.20. The van der Waals surface area contributed by atoms with Gasteiger partial charge in [0, 0.05) is 9.75 Å². The Morgan fingerprint density at radius 3 is 2.71 bits per heavy atom. The summed E-state index contributed by atoms with van der Waals surface area (Å²) >= 11 is 1.84. The molecule has 0 saturated heterocycles. The van der Waals surface area contributed by atoms with Crippen LogP contribution in [0, 0.1) is 13.8 Å². The van der Waals surface area contributed by atoms with Crippen LogP contribution in [0.1, 0.15) is 40.6 Å². The molecule has 0 amide bonds. The van der Waals surface area contributed by atoms with E-state index in [0.717, 1.165) is 0 Å². The van der Waals surface area contributed by atoms with Crippen molar-refractivity contribution in [2.75, 3.05) is 0 Å². The fourth-order valence-corrected chi connectivity index (χ4v) is 3.00. The Morgan fingerprint density at radius 1 is 1.43 bits per heavy atom. The van der Waals surface area contributed by atoms with Crippen molar-refractivity contribution in [2.45, 2.75) is 39.2 Å². The maximum atomic E-state index is 6.22. The SMILES string of the molecule is Cc1cc(C(N)C2=CCCC2)sc1C. The fourth-order valence-electron chi connectivity index (χ4n) is 1.92. The molecule has 1 aromatic heterocycles. The number of hydrogen-bond acceptors (Lipinski definition) is 2. The summed E-state index contributed by atoms with van der Waals surface area (Å²) in [6.45, 7) is 4.32. The zero-order chi connectivity index (χ0) is 10.1. The first kappa shape index (κ1) is 9.94. The van der Waals surface area contributed by atoms with Gasteiger partial charge in [0.05, 0.1) is 6.04 Å². The molecule has 76 valence electrons. The first-order valence-corrected chi connectivity index (χ1v) is 6.01. The lowest BCUT2D eigenvalue weighted by Gasteiger charge is -2.10. The van der Waals surface area contributed by atoms with Crippen molar-refractivity contribution in [3.8, 4) is 0 Å². The monoisotopic (exact) mass is 207 g/mol. The summed E-state index contributed by atoms with van der Waals surface area (Å²) in [6.07, 6.45) is 6.00. The molecule has 1 aliphatic rings. The standard InChI is InChI=1S/C12H17NS/c1-8-7-11(14-9(8)2)12(13)10-5-3-4-6-10/h5,7,12H,3-4,6,13H2,1-2H3. The normalized spacial score (nSPS) is 18.4. The van der Waals surface area contributed by atoms with Crippen molar-refractivity contribution in [2.24, 2.45) is 5.73 Å². The molecule has 1 aromatic rings. The molecule has 14 heavy (non-hydrogen) atoms. The summed E-state index contributed by atoms with van der Waals surface area (Å²) in [5.41, 5.74) is 9.04. The highest BCUT2D eigenvalue weighted by atomic mass is 32.1. The van der Waals surface area contributed by atoms with E-state index in [1.807, 2.05) is 11.3 Å². The molecule has 1 atom stereocenters. The van der Waals surface area contributed by atoms with E-state index in [1.165, 1.54) is 40.2 Å². The van der Waals surface area contributed by atoms with Crippen molar-refractivity contribution >= 4 is 11.3 Å². The number of aryl methyl sites for hydroxylation is 2. The second-order valence-electron chi connectivity index (χ2n) is 4.04. The summed E-state index contributed by atoms with van der Waals surface area (Å²) < 4.78 is 0. The van der Waals surface area contributed by atoms with Gasteiger partial charge < -0.3 is 5.73 Å². The van der Waals surface area contributed by atoms with Crippen LogP contribution in [0.15, 0.2) is 17.7 Å². The van der Waals surface area contributed by atoms with Gasteiger partial charge in [0.25, 0.3) is 0 Å². The second kappa shape index (κ2) is 3.87. The van der Waals surface area contributed by atoms with E-state index in [-0.39, 0.29) is 6.04 Å². The molecule has 2 heteroatoms. The fraction of sp³-hybridized carbons (Fsp3) is 0.500. The zero-order valence-electron chi connectivity index (χ0n) is 8.84. The quantitative estimate of drug-likeness (QED) is 0.738.